The zero-order valence-electron chi connectivity index (χ0n) is 9.19. The van der Waals surface area contributed by atoms with Crippen LogP contribution < -0.4 is 0 Å². The molecule has 0 aliphatic heterocycles. The summed E-state index contributed by atoms with van der Waals surface area (Å²) < 4.78 is 0. The van der Waals surface area contributed by atoms with E-state index in [4.69, 9.17) is 11.6 Å². The second-order valence-corrected chi connectivity index (χ2v) is 4.20. The first-order valence-corrected chi connectivity index (χ1v) is 5.14. The number of hydrogen-bond donors (Lipinski definition) is 0. The van der Waals surface area contributed by atoms with Gasteiger partial charge in [-0.15, -0.1) is 0 Å². The lowest BCUT2D eigenvalue weighted by atomic mass is 9.87. The molecule has 0 spiro atoms. The van der Waals surface area contributed by atoms with Gasteiger partial charge in [-0.05, 0) is 23.1 Å². The van der Waals surface area contributed by atoms with Gasteiger partial charge in [0.05, 0.1) is 0 Å². The smallest absolute Gasteiger partial charge is 0.0408 e. The molecule has 0 aromatic heterocycles. The van der Waals surface area contributed by atoms with Gasteiger partial charge in [0.25, 0.3) is 0 Å². The molecule has 1 aromatic carbocycles. The molecule has 74 valence electrons. The molecule has 0 N–H and O–H groups in total. The fraction of sp³-hybridized carbons (Fsp3) is 0.500. The maximum Gasteiger partial charge on any atom is 0.0408 e. The standard InChI is InChI=1S/C10H13Cl.C2H6/c1-10(2,3)8-5-4-6-9(11)7-8;1-2/h4-7H,1-3H3;1-2H3. The molecular formula is C12H19Cl. The predicted octanol–water partition coefficient (Wildman–Crippen LogP) is 4.66. The van der Waals surface area contributed by atoms with Crippen LogP contribution in [0, 0.1) is 0 Å². The van der Waals surface area contributed by atoms with E-state index in [9.17, 15) is 0 Å². The maximum atomic E-state index is 5.85. The van der Waals surface area contributed by atoms with E-state index in [0.717, 1.165) is 5.02 Å². The molecule has 0 atom stereocenters. The van der Waals surface area contributed by atoms with Crippen molar-refractivity contribution in [3.63, 3.8) is 0 Å². The minimum Gasteiger partial charge on any atom is -0.0843 e. The number of rotatable bonds is 0. The van der Waals surface area contributed by atoms with Crippen molar-refractivity contribution in [3.8, 4) is 0 Å². The van der Waals surface area contributed by atoms with Gasteiger partial charge in [0.2, 0.25) is 0 Å². The van der Waals surface area contributed by atoms with Crippen molar-refractivity contribution < 1.29 is 0 Å². The number of halogens is 1. The Hall–Kier alpha value is -0.490. The third kappa shape index (κ3) is 4.33. The summed E-state index contributed by atoms with van der Waals surface area (Å²) in [5.74, 6) is 0. The monoisotopic (exact) mass is 198 g/mol. The van der Waals surface area contributed by atoms with E-state index >= 15 is 0 Å². The highest BCUT2D eigenvalue weighted by Gasteiger charge is 2.12. The first kappa shape index (κ1) is 12.5. The number of benzene rings is 1. The maximum absolute atomic E-state index is 5.85. The normalized spacial score (nSPS) is 10.3. The molecule has 0 fully saturated rings. The van der Waals surface area contributed by atoms with Crippen molar-refractivity contribution in [1.82, 2.24) is 0 Å². The Morgan fingerprint density at radius 2 is 1.62 bits per heavy atom. The van der Waals surface area contributed by atoms with Gasteiger partial charge >= 0.3 is 0 Å². The molecule has 13 heavy (non-hydrogen) atoms. The molecule has 0 saturated heterocycles. The molecule has 1 heteroatoms. The zero-order valence-corrected chi connectivity index (χ0v) is 9.94. The van der Waals surface area contributed by atoms with E-state index in [-0.39, 0.29) is 5.41 Å². The van der Waals surface area contributed by atoms with E-state index in [1.807, 2.05) is 32.0 Å². The van der Waals surface area contributed by atoms with Gasteiger partial charge in [0, 0.05) is 5.02 Å². The molecule has 1 aromatic rings. The third-order valence-corrected chi connectivity index (χ3v) is 1.93. The van der Waals surface area contributed by atoms with Crippen LogP contribution in [-0.2, 0) is 5.41 Å². The molecule has 0 aliphatic carbocycles. The van der Waals surface area contributed by atoms with Gasteiger partial charge < -0.3 is 0 Å². The topological polar surface area (TPSA) is 0 Å². The minimum absolute atomic E-state index is 0.199. The molecule has 0 radical (unpaired) electrons. The summed E-state index contributed by atoms with van der Waals surface area (Å²) in [4.78, 5) is 0. The highest BCUT2D eigenvalue weighted by Crippen LogP contribution is 2.24. The lowest BCUT2D eigenvalue weighted by molar-refractivity contribution is 0.590. The molecular weight excluding hydrogens is 180 g/mol. The lowest BCUT2D eigenvalue weighted by Gasteiger charge is -2.18. The van der Waals surface area contributed by atoms with E-state index in [1.54, 1.807) is 0 Å². The summed E-state index contributed by atoms with van der Waals surface area (Å²) in [6.45, 7) is 10.5. The fourth-order valence-corrected chi connectivity index (χ4v) is 1.15. The Bertz CT molecular complexity index is 246. The van der Waals surface area contributed by atoms with E-state index in [1.165, 1.54) is 5.56 Å². The average Bonchev–Trinajstić information content (AvgIpc) is 2.06. The first-order valence-electron chi connectivity index (χ1n) is 4.76. The van der Waals surface area contributed by atoms with Crippen LogP contribution >= 0.6 is 11.6 Å². The quantitative estimate of drug-likeness (QED) is 0.569. The second kappa shape index (κ2) is 5.29. The molecule has 0 saturated carbocycles. The summed E-state index contributed by atoms with van der Waals surface area (Å²) in [6, 6.07) is 8.01. The Kier molecular flexibility index (Phi) is 5.09. The fourth-order valence-electron chi connectivity index (χ4n) is 0.955. The third-order valence-electron chi connectivity index (χ3n) is 1.69. The molecule has 0 bridgehead atoms. The summed E-state index contributed by atoms with van der Waals surface area (Å²) >= 11 is 5.85. The van der Waals surface area contributed by atoms with Crippen LogP contribution in [0.3, 0.4) is 0 Å². The van der Waals surface area contributed by atoms with Gasteiger partial charge in [-0.3, -0.25) is 0 Å². The molecule has 0 aliphatic rings. The Morgan fingerprint density at radius 1 is 1.08 bits per heavy atom. The molecule has 1 rings (SSSR count). The zero-order chi connectivity index (χ0) is 10.5. The van der Waals surface area contributed by atoms with Gasteiger partial charge in [-0.1, -0.05) is 58.4 Å². The Labute approximate surface area is 86.9 Å². The Balaban J connectivity index is 0.000000671. The van der Waals surface area contributed by atoms with Crippen molar-refractivity contribution in [3.05, 3.63) is 34.9 Å². The van der Waals surface area contributed by atoms with Crippen molar-refractivity contribution in [1.29, 1.82) is 0 Å². The van der Waals surface area contributed by atoms with Crippen LogP contribution in [0.4, 0.5) is 0 Å². The summed E-state index contributed by atoms with van der Waals surface area (Å²) in [7, 11) is 0. The summed E-state index contributed by atoms with van der Waals surface area (Å²) in [5, 5.41) is 0.817. The van der Waals surface area contributed by atoms with Crippen molar-refractivity contribution in [2.24, 2.45) is 0 Å². The van der Waals surface area contributed by atoms with Crippen LogP contribution in [0.25, 0.3) is 0 Å². The summed E-state index contributed by atoms with van der Waals surface area (Å²) in [5.41, 5.74) is 1.48. The summed E-state index contributed by atoms with van der Waals surface area (Å²) in [6.07, 6.45) is 0. The molecule has 0 amide bonds. The van der Waals surface area contributed by atoms with Crippen molar-refractivity contribution >= 4 is 11.6 Å². The Morgan fingerprint density at radius 3 is 1.92 bits per heavy atom. The SMILES string of the molecule is CC.CC(C)(C)c1cccc(Cl)c1. The second-order valence-electron chi connectivity index (χ2n) is 3.76. The van der Waals surface area contributed by atoms with Gasteiger partial charge in [-0.2, -0.15) is 0 Å². The van der Waals surface area contributed by atoms with Crippen LogP contribution in [0.15, 0.2) is 24.3 Å². The highest BCUT2D eigenvalue weighted by molar-refractivity contribution is 6.30. The van der Waals surface area contributed by atoms with Gasteiger partial charge in [0.15, 0.2) is 0 Å². The first-order chi connectivity index (χ1) is 6.00. The highest BCUT2D eigenvalue weighted by atomic mass is 35.5. The van der Waals surface area contributed by atoms with E-state index in [2.05, 4.69) is 26.8 Å². The van der Waals surface area contributed by atoms with Crippen LogP contribution in [0.1, 0.15) is 40.2 Å². The van der Waals surface area contributed by atoms with Crippen molar-refractivity contribution in [2.75, 3.05) is 0 Å². The van der Waals surface area contributed by atoms with Crippen molar-refractivity contribution in [2.45, 2.75) is 40.0 Å². The largest absolute Gasteiger partial charge is 0.0843 e. The van der Waals surface area contributed by atoms with Gasteiger partial charge in [-0.25, -0.2) is 0 Å². The minimum atomic E-state index is 0.199. The van der Waals surface area contributed by atoms with E-state index < -0.39 is 0 Å². The molecule has 0 heterocycles. The predicted molar refractivity (Wildman–Crippen MR) is 61.5 cm³/mol. The van der Waals surface area contributed by atoms with Crippen LogP contribution in [-0.4, -0.2) is 0 Å². The van der Waals surface area contributed by atoms with Gasteiger partial charge in [0.1, 0.15) is 0 Å². The lowest BCUT2D eigenvalue weighted by Crippen LogP contribution is -2.10. The molecule has 0 nitrogen and oxygen atoms in total. The molecule has 0 unspecified atom stereocenters. The van der Waals surface area contributed by atoms with Crippen LogP contribution in [0.2, 0.25) is 5.02 Å². The van der Waals surface area contributed by atoms with E-state index in [0.29, 0.717) is 0 Å². The number of hydrogen-bond acceptors (Lipinski definition) is 0. The average molecular weight is 199 g/mol. The van der Waals surface area contributed by atoms with Crippen LogP contribution in [0.5, 0.6) is 0 Å².